The van der Waals surface area contributed by atoms with Crippen LogP contribution in [0.3, 0.4) is 0 Å². The van der Waals surface area contributed by atoms with Crippen LogP contribution in [0, 0.1) is 0 Å². The van der Waals surface area contributed by atoms with E-state index in [4.69, 9.17) is 19.7 Å². The number of hydrogen-bond acceptors (Lipinski definition) is 4. The monoisotopic (exact) mass is 200 g/mol. The number of carbonyl (C=O) groups excluding carboxylic acids is 1. The number of rotatable bonds is 5. The number of ether oxygens (including phenoxy) is 1. The molecule has 0 fully saturated rings. The number of hydrogen-bond donors (Lipinski definition) is 1. The van der Waals surface area contributed by atoms with E-state index in [0.717, 1.165) is 26.4 Å². The summed E-state index contributed by atoms with van der Waals surface area (Å²) >= 11 is 0. The SMILES string of the molecule is CC(=O)[O-].CCCCOCCO.[Na+]. The number of aliphatic hydroxyl groups excluding tert-OH is 1. The molecule has 0 amide bonds. The summed E-state index contributed by atoms with van der Waals surface area (Å²) in [6, 6.07) is 0. The predicted octanol–water partition coefficient (Wildman–Crippen LogP) is -3.44. The summed E-state index contributed by atoms with van der Waals surface area (Å²) in [5.41, 5.74) is 0. The number of carbonyl (C=O) groups is 1. The molecule has 0 saturated carbocycles. The van der Waals surface area contributed by atoms with Crippen LogP contribution < -0.4 is 34.7 Å². The van der Waals surface area contributed by atoms with Crippen LogP contribution in [0.2, 0.25) is 0 Å². The molecule has 0 spiro atoms. The second-order valence-corrected chi connectivity index (χ2v) is 2.18. The Kier molecular flexibility index (Phi) is 26.7. The first-order valence-corrected chi connectivity index (χ1v) is 4.01. The summed E-state index contributed by atoms with van der Waals surface area (Å²) in [6.07, 6.45) is 2.26. The van der Waals surface area contributed by atoms with Crippen LogP contribution in [0.5, 0.6) is 0 Å². The average Bonchev–Trinajstić information content (AvgIpc) is 1.97. The molecule has 0 bridgehead atoms. The van der Waals surface area contributed by atoms with E-state index in [-0.39, 0.29) is 36.2 Å². The Bertz CT molecular complexity index is 88.1. The summed E-state index contributed by atoms with van der Waals surface area (Å²) in [6.45, 7) is 4.50. The molecule has 0 unspecified atom stereocenters. The zero-order chi connectivity index (χ0) is 9.82. The van der Waals surface area contributed by atoms with E-state index in [2.05, 4.69) is 6.92 Å². The van der Waals surface area contributed by atoms with Crippen LogP contribution in [-0.2, 0) is 9.53 Å². The molecule has 74 valence electrons. The Morgan fingerprint density at radius 1 is 1.46 bits per heavy atom. The molecule has 0 rings (SSSR count). The van der Waals surface area contributed by atoms with Crippen LogP contribution in [0.25, 0.3) is 0 Å². The first-order valence-electron chi connectivity index (χ1n) is 4.01. The van der Waals surface area contributed by atoms with Gasteiger partial charge in [0.05, 0.1) is 13.2 Å². The summed E-state index contributed by atoms with van der Waals surface area (Å²) in [7, 11) is 0. The van der Waals surface area contributed by atoms with E-state index < -0.39 is 5.97 Å². The van der Waals surface area contributed by atoms with Gasteiger partial charge in [-0.3, -0.25) is 0 Å². The molecule has 0 aliphatic carbocycles. The van der Waals surface area contributed by atoms with Gasteiger partial charge < -0.3 is 19.7 Å². The van der Waals surface area contributed by atoms with E-state index in [9.17, 15) is 0 Å². The van der Waals surface area contributed by atoms with E-state index in [1.54, 1.807) is 0 Å². The zero-order valence-electron chi connectivity index (χ0n) is 8.71. The van der Waals surface area contributed by atoms with Crippen molar-refractivity contribution in [3.63, 3.8) is 0 Å². The van der Waals surface area contributed by atoms with Crippen molar-refractivity contribution in [1.29, 1.82) is 0 Å². The van der Waals surface area contributed by atoms with Gasteiger partial charge >= 0.3 is 29.6 Å². The van der Waals surface area contributed by atoms with Crippen molar-refractivity contribution in [3.8, 4) is 0 Å². The normalized spacial score (nSPS) is 7.92. The van der Waals surface area contributed by atoms with E-state index >= 15 is 0 Å². The van der Waals surface area contributed by atoms with Crippen molar-refractivity contribution in [2.24, 2.45) is 0 Å². The molecular formula is C8H17NaO4. The van der Waals surface area contributed by atoms with Gasteiger partial charge in [0.1, 0.15) is 0 Å². The van der Waals surface area contributed by atoms with Gasteiger partial charge in [-0.15, -0.1) is 0 Å². The Morgan fingerprint density at radius 3 is 2.23 bits per heavy atom. The van der Waals surface area contributed by atoms with Crippen LogP contribution in [0.15, 0.2) is 0 Å². The minimum atomic E-state index is -1.08. The number of carboxylic acid groups (broad SMARTS) is 1. The summed E-state index contributed by atoms with van der Waals surface area (Å²) in [5.74, 6) is -1.08. The smallest absolute Gasteiger partial charge is 0.550 e. The van der Waals surface area contributed by atoms with Crippen molar-refractivity contribution >= 4 is 5.97 Å². The number of aliphatic carboxylic acids is 1. The predicted molar refractivity (Wildman–Crippen MR) is 43.5 cm³/mol. The van der Waals surface area contributed by atoms with Gasteiger partial charge in [-0.1, -0.05) is 13.3 Å². The maximum absolute atomic E-state index is 8.89. The van der Waals surface area contributed by atoms with Gasteiger partial charge in [0.15, 0.2) is 0 Å². The third-order valence-corrected chi connectivity index (χ3v) is 0.878. The van der Waals surface area contributed by atoms with Gasteiger partial charge in [-0.05, 0) is 13.3 Å². The minimum absolute atomic E-state index is 0. The molecule has 0 atom stereocenters. The summed E-state index contributed by atoms with van der Waals surface area (Å²) < 4.78 is 4.97. The number of aliphatic hydroxyl groups is 1. The van der Waals surface area contributed by atoms with Crippen LogP contribution in [0.4, 0.5) is 0 Å². The first-order chi connectivity index (χ1) is 5.65. The van der Waals surface area contributed by atoms with Crippen LogP contribution >= 0.6 is 0 Å². The molecule has 0 aromatic rings. The molecule has 0 aromatic heterocycles. The van der Waals surface area contributed by atoms with Gasteiger partial charge in [-0.25, -0.2) is 0 Å². The van der Waals surface area contributed by atoms with Crippen molar-refractivity contribution in [2.45, 2.75) is 26.7 Å². The van der Waals surface area contributed by atoms with E-state index in [1.165, 1.54) is 0 Å². The van der Waals surface area contributed by atoms with Crippen molar-refractivity contribution < 1.29 is 49.3 Å². The van der Waals surface area contributed by atoms with Crippen LogP contribution in [-0.4, -0.2) is 30.9 Å². The largest absolute Gasteiger partial charge is 1.00 e. The molecular weight excluding hydrogens is 183 g/mol. The Morgan fingerprint density at radius 2 is 1.92 bits per heavy atom. The Hall–Kier alpha value is 0.390. The van der Waals surface area contributed by atoms with E-state index in [1.807, 2.05) is 0 Å². The third kappa shape index (κ3) is 46.0. The topological polar surface area (TPSA) is 69.6 Å². The fourth-order valence-corrected chi connectivity index (χ4v) is 0.413. The van der Waals surface area contributed by atoms with Crippen molar-refractivity contribution in [1.82, 2.24) is 0 Å². The number of unbranched alkanes of at least 4 members (excludes halogenated alkanes) is 1. The molecule has 1 N–H and O–H groups in total. The first kappa shape index (κ1) is 19.0. The van der Waals surface area contributed by atoms with Gasteiger partial charge in [-0.2, -0.15) is 0 Å². The second-order valence-electron chi connectivity index (χ2n) is 2.18. The second kappa shape index (κ2) is 18.2. The van der Waals surface area contributed by atoms with E-state index in [0.29, 0.717) is 6.61 Å². The quantitative estimate of drug-likeness (QED) is 0.370. The minimum Gasteiger partial charge on any atom is -0.550 e. The molecule has 0 saturated heterocycles. The summed E-state index contributed by atoms with van der Waals surface area (Å²) in [4.78, 5) is 8.89. The van der Waals surface area contributed by atoms with Gasteiger partial charge in [0, 0.05) is 12.6 Å². The maximum Gasteiger partial charge on any atom is 1.00 e. The fourth-order valence-electron chi connectivity index (χ4n) is 0.413. The molecule has 0 aromatic carbocycles. The standard InChI is InChI=1S/C6H14O2.C2H4O2.Na/c1-2-3-5-8-6-4-7;1-2(3)4;/h7H,2-6H2,1H3;1H3,(H,3,4);/q;;+1/p-1. The van der Waals surface area contributed by atoms with Gasteiger partial charge in [0.25, 0.3) is 0 Å². The summed E-state index contributed by atoms with van der Waals surface area (Å²) in [5, 5.41) is 17.1. The molecule has 0 aliphatic rings. The average molecular weight is 200 g/mol. The van der Waals surface area contributed by atoms with Crippen LogP contribution in [0.1, 0.15) is 26.7 Å². The Balaban J connectivity index is -0.000000173. The molecule has 5 heteroatoms. The van der Waals surface area contributed by atoms with Gasteiger partial charge in [0.2, 0.25) is 0 Å². The maximum atomic E-state index is 8.89. The molecule has 0 aliphatic heterocycles. The number of carboxylic acids is 1. The molecule has 0 heterocycles. The zero-order valence-corrected chi connectivity index (χ0v) is 10.7. The fraction of sp³-hybridized carbons (Fsp3) is 0.875. The third-order valence-electron chi connectivity index (χ3n) is 0.878. The Labute approximate surface area is 102 Å². The van der Waals surface area contributed by atoms with Crippen molar-refractivity contribution in [2.75, 3.05) is 19.8 Å². The molecule has 0 radical (unpaired) electrons. The molecule has 13 heavy (non-hydrogen) atoms. The molecule has 4 nitrogen and oxygen atoms in total. The van der Waals surface area contributed by atoms with Crippen molar-refractivity contribution in [3.05, 3.63) is 0 Å².